The Balaban J connectivity index is 1.71. The van der Waals surface area contributed by atoms with Crippen LogP contribution in [0.2, 0.25) is 0 Å². The van der Waals surface area contributed by atoms with Crippen molar-refractivity contribution < 1.29 is 9.53 Å². The molecule has 0 aliphatic carbocycles. The number of amides is 1. The number of nitrogens with zero attached hydrogens (tertiary/aromatic N) is 1. The summed E-state index contributed by atoms with van der Waals surface area (Å²) in [5.41, 5.74) is 5.75. The normalized spacial score (nSPS) is 16.4. The molecule has 1 aromatic heterocycles. The Hall–Kier alpha value is -2.72. The summed E-state index contributed by atoms with van der Waals surface area (Å²) >= 11 is 0. The maximum Gasteiger partial charge on any atom is 0.252 e. The third-order valence-corrected chi connectivity index (χ3v) is 5.38. The van der Waals surface area contributed by atoms with E-state index >= 15 is 0 Å². The molecule has 28 heavy (non-hydrogen) atoms. The topological polar surface area (TPSA) is 51.2 Å². The van der Waals surface area contributed by atoms with Crippen molar-refractivity contribution in [3.63, 3.8) is 0 Å². The van der Waals surface area contributed by atoms with Gasteiger partial charge in [-0.3, -0.25) is 4.79 Å². The zero-order chi connectivity index (χ0) is 19.5. The first kappa shape index (κ1) is 18.6. The number of pyridine rings is 1. The molecule has 4 heteroatoms. The zero-order valence-electron chi connectivity index (χ0n) is 16.5. The summed E-state index contributed by atoms with van der Waals surface area (Å²) in [4.78, 5) is 17.8. The van der Waals surface area contributed by atoms with Crippen molar-refractivity contribution >= 4 is 16.8 Å². The monoisotopic (exact) mass is 374 g/mol. The molecule has 0 saturated carbocycles. The van der Waals surface area contributed by atoms with E-state index in [0.717, 1.165) is 53.6 Å². The van der Waals surface area contributed by atoms with E-state index in [9.17, 15) is 4.79 Å². The second-order valence-electron chi connectivity index (χ2n) is 7.47. The second kappa shape index (κ2) is 8.11. The second-order valence-corrected chi connectivity index (χ2v) is 7.47. The van der Waals surface area contributed by atoms with Gasteiger partial charge in [0.25, 0.3) is 5.91 Å². The molecule has 1 aliphatic rings. The first-order valence-corrected chi connectivity index (χ1v) is 10.0. The summed E-state index contributed by atoms with van der Waals surface area (Å²) in [5.74, 6) is -0.0695. The average Bonchev–Trinajstić information content (AvgIpc) is 3.25. The Kier molecular flexibility index (Phi) is 5.40. The van der Waals surface area contributed by atoms with Crippen molar-refractivity contribution in [2.45, 2.75) is 39.2 Å². The van der Waals surface area contributed by atoms with Crippen molar-refractivity contribution in [3.8, 4) is 11.3 Å². The van der Waals surface area contributed by atoms with Crippen molar-refractivity contribution in [3.05, 3.63) is 65.2 Å². The highest BCUT2D eigenvalue weighted by atomic mass is 16.5. The van der Waals surface area contributed by atoms with Crippen LogP contribution in [0.25, 0.3) is 22.2 Å². The SMILES string of the molecule is CCc1ccc(-c2cc(C(=O)NCC3CCCO3)c3cc(C)ccc3n2)cc1. The zero-order valence-corrected chi connectivity index (χ0v) is 16.5. The van der Waals surface area contributed by atoms with Crippen molar-refractivity contribution in [1.82, 2.24) is 10.3 Å². The molecule has 1 atom stereocenters. The molecule has 1 aliphatic heterocycles. The van der Waals surface area contributed by atoms with Crippen LogP contribution < -0.4 is 5.32 Å². The molecule has 3 aromatic rings. The molecule has 0 radical (unpaired) electrons. The Morgan fingerprint density at radius 1 is 1.18 bits per heavy atom. The smallest absolute Gasteiger partial charge is 0.252 e. The van der Waals surface area contributed by atoms with Gasteiger partial charge in [-0.1, -0.05) is 42.8 Å². The molecule has 2 aromatic carbocycles. The number of carbonyl (C=O) groups is 1. The minimum Gasteiger partial charge on any atom is -0.376 e. The lowest BCUT2D eigenvalue weighted by Gasteiger charge is -2.14. The summed E-state index contributed by atoms with van der Waals surface area (Å²) in [7, 11) is 0. The Labute approximate surface area is 165 Å². The molecule has 144 valence electrons. The largest absolute Gasteiger partial charge is 0.376 e. The molecule has 4 nitrogen and oxygen atoms in total. The van der Waals surface area contributed by atoms with Gasteiger partial charge < -0.3 is 10.1 Å². The lowest BCUT2D eigenvalue weighted by Crippen LogP contribution is -2.32. The van der Waals surface area contributed by atoms with E-state index in [1.54, 1.807) is 0 Å². The Bertz CT molecular complexity index is 989. The molecule has 4 rings (SSSR count). The maximum absolute atomic E-state index is 13.0. The van der Waals surface area contributed by atoms with Gasteiger partial charge in [-0.2, -0.15) is 0 Å². The van der Waals surface area contributed by atoms with Gasteiger partial charge >= 0.3 is 0 Å². The fourth-order valence-corrected chi connectivity index (χ4v) is 3.69. The predicted octanol–water partition coefficient (Wildman–Crippen LogP) is 4.68. The van der Waals surface area contributed by atoms with Crippen LogP contribution in [0, 0.1) is 6.92 Å². The molecule has 1 fully saturated rings. The Morgan fingerprint density at radius 2 is 2.00 bits per heavy atom. The van der Waals surface area contributed by atoms with E-state index < -0.39 is 0 Å². The molecule has 1 unspecified atom stereocenters. The highest BCUT2D eigenvalue weighted by Gasteiger charge is 2.19. The van der Waals surface area contributed by atoms with Crippen LogP contribution in [0.5, 0.6) is 0 Å². The van der Waals surface area contributed by atoms with Crippen molar-refractivity contribution in [2.24, 2.45) is 0 Å². The first-order chi connectivity index (χ1) is 13.6. The number of fused-ring (bicyclic) bond motifs is 1. The van der Waals surface area contributed by atoms with Gasteiger partial charge in [-0.25, -0.2) is 4.98 Å². The number of aryl methyl sites for hydroxylation is 2. The predicted molar refractivity (Wildman–Crippen MR) is 113 cm³/mol. The van der Waals surface area contributed by atoms with Crippen LogP contribution in [-0.4, -0.2) is 30.1 Å². The highest BCUT2D eigenvalue weighted by Crippen LogP contribution is 2.26. The average molecular weight is 374 g/mol. The number of hydrogen-bond acceptors (Lipinski definition) is 3. The number of carbonyl (C=O) groups excluding carboxylic acids is 1. The maximum atomic E-state index is 13.0. The molecule has 1 amide bonds. The number of ether oxygens (including phenoxy) is 1. The quantitative estimate of drug-likeness (QED) is 0.705. The lowest BCUT2D eigenvalue weighted by atomic mass is 10.0. The van der Waals surface area contributed by atoms with Gasteiger partial charge in [0.2, 0.25) is 0 Å². The van der Waals surface area contributed by atoms with Crippen LogP contribution in [-0.2, 0) is 11.2 Å². The van der Waals surface area contributed by atoms with E-state index in [4.69, 9.17) is 9.72 Å². The number of hydrogen-bond donors (Lipinski definition) is 1. The van der Waals surface area contributed by atoms with E-state index in [2.05, 4.69) is 36.5 Å². The number of nitrogens with one attached hydrogen (secondary N) is 1. The van der Waals surface area contributed by atoms with Crippen LogP contribution in [0.15, 0.2) is 48.5 Å². The van der Waals surface area contributed by atoms with E-state index in [1.807, 2.05) is 31.2 Å². The van der Waals surface area contributed by atoms with Gasteiger partial charge in [0.15, 0.2) is 0 Å². The summed E-state index contributed by atoms with van der Waals surface area (Å²) in [6.07, 6.45) is 3.20. The van der Waals surface area contributed by atoms with Gasteiger partial charge in [0.1, 0.15) is 0 Å². The molecule has 1 N–H and O–H groups in total. The number of aromatic nitrogens is 1. The lowest BCUT2D eigenvalue weighted by molar-refractivity contribution is 0.0859. The minimum atomic E-state index is -0.0695. The Morgan fingerprint density at radius 3 is 2.71 bits per heavy atom. The van der Waals surface area contributed by atoms with Crippen molar-refractivity contribution in [1.29, 1.82) is 0 Å². The van der Waals surface area contributed by atoms with Gasteiger partial charge in [-0.05, 0) is 49.9 Å². The van der Waals surface area contributed by atoms with Crippen LogP contribution in [0.1, 0.15) is 41.3 Å². The molecule has 0 spiro atoms. The van der Waals surface area contributed by atoms with E-state index in [1.165, 1.54) is 5.56 Å². The third-order valence-electron chi connectivity index (χ3n) is 5.38. The standard InChI is InChI=1S/C24H26N2O2/c1-3-17-7-9-18(10-8-17)23-14-21(20-13-16(2)6-11-22(20)26-23)24(27)25-15-19-5-4-12-28-19/h6-11,13-14,19H,3-5,12,15H2,1-2H3,(H,25,27). The molecule has 1 saturated heterocycles. The molecular formula is C24H26N2O2. The molecular weight excluding hydrogens is 348 g/mol. The minimum absolute atomic E-state index is 0.0695. The van der Waals surface area contributed by atoms with Crippen LogP contribution >= 0.6 is 0 Å². The van der Waals surface area contributed by atoms with Crippen LogP contribution in [0.3, 0.4) is 0 Å². The summed E-state index contributed by atoms with van der Waals surface area (Å²) in [6, 6.07) is 16.4. The van der Waals surface area contributed by atoms with Gasteiger partial charge in [0, 0.05) is 24.1 Å². The summed E-state index contributed by atoms with van der Waals surface area (Å²) in [6.45, 7) is 5.51. The summed E-state index contributed by atoms with van der Waals surface area (Å²) < 4.78 is 5.63. The first-order valence-electron chi connectivity index (χ1n) is 10.0. The van der Waals surface area contributed by atoms with Gasteiger partial charge in [0.05, 0.1) is 22.9 Å². The summed E-state index contributed by atoms with van der Waals surface area (Å²) in [5, 5.41) is 3.95. The van der Waals surface area contributed by atoms with E-state index in [-0.39, 0.29) is 12.0 Å². The number of rotatable bonds is 5. The molecule has 0 bridgehead atoms. The van der Waals surface area contributed by atoms with Crippen LogP contribution in [0.4, 0.5) is 0 Å². The van der Waals surface area contributed by atoms with Gasteiger partial charge in [-0.15, -0.1) is 0 Å². The van der Waals surface area contributed by atoms with Crippen molar-refractivity contribution in [2.75, 3.05) is 13.2 Å². The fourth-order valence-electron chi connectivity index (χ4n) is 3.69. The fraction of sp³-hybridized carbons (Fsp3) is 0.333. The van der Waals surface area contributed by atoms with E-state index in [0.29, 0.717) is 12.1 Å². The molecule has 2 heterocycles. The third kappa shape index (κ3) is 3.92. The number of benzene rings is 2. The highest BCUT2D eigenvalue weighted by molar-refractivity contribution is 6.07.